The number of hydrogen-bond donors (Lipinski definition) is 1. The van der Waals surface area contributed by atoms with Crippen LogP contribution in [0.15, 0.2) is 30.6 Å². The van der Waals surface area contributed by atoms with Gasteiger partial charge in [-0.05, 0) is 36.0 Å². The van der Waals surface area contributed by atoms with E-state index in [1.165, 1.54) is 16.7 Å². The molecule has 2 aromatic rings. The third-order valence-electron chi connectivity index (χ3n) is 3.65. The summed E-state index contributed by atoms with van der Waals surface area (Å²) in [4.78, 5) is 8.35. The third kappa shape index (κ3) is 2.31. The quantitative estimate of drug-likeness (QED) is 0.891. The second-order valence-electron chi connectivity index (χ2n) is 4.90. The van der Waals surface area contributed by atoms with Crippen LogP contribution in [-0.2, 0) is 12.8 Å². The van der Waals surface area contributed by atoms with Crippen LogP contribution in [0.5, 0.6) is 6.01 Å². The zero-order chi connectivity index (χ0) is 13.2. The number of nitrogens with two attached hydrogens (primary N) is 1. The number of methoxy groups -OCH3 is 1. The Morgan fingerprint density at radius 1 is 1.26 bits per heavy atom. The highest BCUT2D eigenvalue weighted by molar-refractivity contribution is 5.68. The van der Waals surface area contributed by atoms with Crippen molar-refractivity contribution < 1.29 is 4.74 Å². The Balaban J connectivity index is 2.04. The fourth-order valence-corrected chi connectivity index (χ4v) is 2.65. The minimum atomic E-state index is 0.257. The molecule has 1 aliphatic rings. The molecule has 1 heterocycles. The van der Waals surface area contributed by atoms with E-state index in [0.29, 0.717) is 6.01 Å². The molecule has 0 unspecified atom stereocenters. The van der Waals surface area contributed by atoms with Gasteiger partial charge in [0.1, 0.15) is 0 Å². The van der Waals surface area contributed by atoms with E-state index < -0.39 is 0 Å². The molecule has 1 atom stereocenters. The van der Waals surface area contributed by atoms with Gasteiger partial charge in [0.05, 0.1) is 7.11 Å². The standard InChI is InChI=1S/C15H17N3O/c1-19-15-17-8-11(9-18-15)13-4-2-3-10-5-6-12(16)7-14(10)13/h2-4,8-9,12H,5-7,16H2,1H3/t12-/m0/s1. The van der Waals surface area contributed by atoms with E-state index in [1.807, 2.05) is 12.4 Å². The van der Waals surface area contributed by atoms with Crippen LogP contribution in [0.2, 0.25) is 0 Å². The summed E-state index contributed by atoms with van der Waals surface area (Å²) in [5, 5.41) is 0. The van der Waals surface area contributed by atoms with Crippen molar-refractivity contribution in [1.82, 2.24) is 9.97 Å². The molecule has 3 rings (SSSR count). The number of fused-ring (bicyclic) bond motifs is 1. The number of hydrogen-bond acceptors (Lipinski definition) is 4. The van der Waals surface area contributed by atoms with E-state index >= 15 is 0 Å². The molecule has 1 aromatic heterocycles. The second kappa shape index (κ2) is 4.97. The van der Waals surface area contributed by atoms with Gasteiger partial charge in [0.15, 0.2) is 0 Å². The van der Waals surface area contributed by atoms with Crippen molar-refractivity contribution >= 4 is 0 Å². The van der Waals surface area contributed by atoms with Crippen molar-refractivity contribution in [2.45, 2.75) is 25.3 Å². The van der Waals surface area contributed by atoms with Crippen LogP contribution in [0.25, 0.3) is 11.1 Å². The lowest BCUT2D eigenvalue weighted by atomic mass is 9.84. The number of benzene rings is 1. The molecule has 98 valence electrons. The van der Waals surface area contributed by atoms with E-state index in [9.17, 15) is 0 Å². The van der Waals surface area contributed by atoms with Crippen LogP contribution >= 0.6 is 0 Å². The van der Waals surface area contributed by atoms with Gasteiger partial charge in [-0.25, -0.2) is 9.97 Å². The van der Waals surface area contributed by atoms with Gasteiger partial charge in [-0.1, -0.05) is 18.2 Å². The average molecular weight is 255 g/mol. The molecule has 0 radical (unpaired) electrons. The Morgan fingerprint density at radius 3 is 2.79 bits per heavy atom. The van der Waals surface area contributed by atoms with Crippen LogP contribution < -0.4 is 10.5 Å². The third-order valence-corrected chi connectivity index (χ3v) is 3.65. The lowest BCUT2D eigenvalue weighted by molar-refractivity contribution is 0.380. The van der Waals surface area contributed by atoms with Gasteiger partial charge < -0.3 is 10.5 Å². The molecule has 4 heteroatoms. The highest BCUT2D eigenvalue weighted by Crippen LogP contribution is 2.30. The first-order chi connectivity index (χ1) is 9.28. The van der Waals surface area contributed by atoms with Crippen LogP contribution in [0.4, 0.5) is 0 Å². The summed E-state index contributed by atoms with van der Waals surface area (Å²) in [5.74, 6) is 0. The fourth-order valence-electron chi connectivity index (χ4n) is 2.65. The normalized spacial score (nSPS) is 17.9. The van der Waals surface area contributed by atoms with E-state index in [1.54, 1.807) is 7.11 Å². The van der Waals surface area contributed by atoms with Crippen LogP contribution in [0.1, 0.15) is 17.5 Å². The second-order valence-corrected chi connectivity index (χ2v) is 4.90. The summed E-state index contributed by atoms with van der Waals surface area (Å²) < 4.78 is 4.99. The molecule has 2 N–H and O–H groups in total. The first-order valence-electron chi connectivity index (χ1n) is 6.50. The monoisotopic (exact) mass is 255 g/mol. The van der Waals surface area contributed by atoms with Gasteiger partial charge in [-0.3, -0.25) is 0 Å². The Morgan fingerprint density at radius 2 is 2.05 bits per heavy atom. The SMILES string of the molecule is COc1ncc(-c2cccc3c2C[C@@H](N)CC3)cn1. The molecule has 0 saturated carbocycles. The Hall–Kier alpha value is -1.94. The van der Waals surface area contributed by atoms with Crippen LogP contribution in [0, 0.1) is 0 Å². The maximum absolute atomic E-state index is 6.09. The minimum absolute atomic E-state index is 0.257. The molecule has 0 amide bonds. The molecule has 0 aliphatic heterocycles. The molecule has 0 fully saturated rings. The van der Waals surface area contributed by atoms with E-state index in [-0.39, 0.29) is 6.04 Å². The topological polar surface area (TPSA) is 61.0 Å². The van der Waals surface area contributed by atoms with Gasteiger partial charge in [-0.2, -0.15) is 0 Å². The van der Waals surface area contributed by atoms with Crippen molar-refractivity contribution in [2.75, 3.05) is 7.11 Å². The number of ether oxygens (including phenoxy) is 1. The largest absolute Gasteiger partial charge is 0.467 e. The summed E-state index contributed by atoms with van der Waals surface area (Å²) in [6.07, 6.45) is 6.66. The molecule has 0 spiro atoms. The summed E-state index contributed by atoms with van der Waals surface area (Å²) in [6, 6.07) is 7.05. The molecule has 1 aromatic carbocycles. The van der Waals surface area contributed by atoms with E-state index in [4.69, 9.17) is 10.5 Å². The summed E-state index contributed by atoms with van der Waals surface area (Å²) in [7, 11) is 1.57. The Kier molecular flexibility index (Phi) is 3.17. The highest BCUT2D eigenvalue weighted by Gasteiger charge is 2.19. The molecular formula is C15H17N3O. The summed E-state index contributed by atoms with van der Waals surface area (Å²) >= 11 is 0. The molecular weight excluding hydrogens is 238 g/mol. The Labute approximate surface area is 112 Å². The predicted molar refractivity (Wildman–Crippen MR) is 74.0 cm³/mol. The lowest BCUT2D eigenvalue weighted by Gasteiger charge is -2.24. The fraction of sp³-hybridized carbons (Fsp3) is 0.333. The van der Waals surface area contributed by atoms with Gasteiger partial charge in [0.2, 0.25) is 0 Å². The van der Waals surface area contributed by atoms with Gasteiger partial charge in [0, 0.05) is 24.0 Å². The van der Waals surface area contributed by atoms with Crippen LogP contribution in [0.3, 0.4) is 0 Å². The molecule has 19 heavy (non-hydrogen) atoms. The van der Waals surface area contributed by atoms with Crippen molar-refractivity contribution in [2.24, 2.45) is 5.73 Å². The van der Waals surface area contributed by atoms with Crippen molar-refractivity contribution in [3.05, 3.63) is 41.7 Å². The number of aromatic nitrogens is 2. The van der Waals surface area contributed by atoms with Crippen molar-refractivity contribution in [3.8, 4) is 17.1 Å². The molecule has 1 aliphatic carbocycles. The van der Waals surface area contributed by atoms with E-state index in [0.717, 1.165) is 24.8 Å². The number of aryl methyl sites for hydroxylation is 1. The van der Waals surface area contributed by atoms with Crippen molar-refractivity contribution in [3.63, 3.8) is 0 Å². The zero-order valence-electron chi connectivity index (χ0n) is 11.0. The molecule has 0 bridgehead atoms. The maximum Gasteiger partial charge on any atom is 0.316 e. The average Bonchev–Trinajstić information content (AvgIpc) is 2.47. The number of nitrogens with zero attached hydrogens (tertiary/aromatic N) is 2. The smallest absolute Gasteiger partial charge is 0.316 e. The Bertz CT molecular complexity index is 580. The maximum atomic E-state index is 6.09. The summed E-state index contributed by atoms with van der Waals surface area (Å²) in [6.45, 7) is 0. The first kappa shape index (κ1) is 12.1. The van der Waals surface area contributed by atoms with Gasteiger partial charge in [-0.15, -0.1) is 0 Å². The summed E-state index contributed by atoms with van der Waals surface area (Å²) in [5.41, 5.74) is 11.0. The van der Waals surface area contributed by atoms with Gasteiger partial charge >= 0.3 is 6.01 Å². The number of rotatable bonds is 2. The van der Waals surface area contributed by atoms with Crippen LogP contribution in [-0.4, -0.2) is 23.1 Å². The lowest BCUT2D eigenvalue weighted by Crippen LogP contribution is -2.28. The molecule has 4 nitrogen and oxygen atoms in total. The van der Waals surface area contributed by atoms with Gasteiger partial charge in [0.25, 0.3) is 0 Å². The first-order valence-corrected chi connectivity index (χ1v) is 6.50. The predicted octanol–water partition coefficient (Wildman–Crippen LogP) is 1.97. The zero-order valence-corrected chi connectivity index (χ0v) is 11.0. The molecule has 0 saturated heterocycles. The van der Waals surface area contributed by atoms with Crippen molar-refractivity contribution in [1.29, 1.82) is 0 Å². The van der Waals surface area contributed by atoms with E-state index in [2.05, 4.69) is 28.2 Å². The highest BCUT2D eigenvalue weighted by atomic mass is 16.5. The minimum Gasteiger partial charge on any atom is -0.467 e.